The van der Waals surface area contributed by atoms with Crippen LogP contribution in [0.3, 0.4) is 0 Å². The molecule has 0 radical (unpaired) electrons. The first kappa shape index (κ1) is 20.8. The van der Waals surface area contributed by atoms with Crippen molar-refractivity contribution in [2.45, 2.75) is 31.1 Å². The van der Waals surface area contributed by atoms with Crippen molar-refractivity contribution < 1.29 is 18.3 Å². The van der Waals surface area contributed by atoms with E-state index in [0.29, 0.717) is 5.69 Å². The van der Waals surface area contributed by atoms with Gasteiger partial charge in [-0.25, -0.2) is 8.42 Å². The molecule has 0 unspecified atom stereocenters. The van der Waals surface area contributed by atoms with Crippen LogP contribution in [0, 0.1) is 0 Å². The van der Waals surface area contributed by atoms with E-state index in [1.807, 2.05) is 45.8 Å². The molecule has 2 aromatic rings. The van der Waals surface area contributed by atoms with Gasteiger partial charge in [0.05, 0.1) is 10.6 Å². The second kappa shape index (κ2) is 7.60. The van der Waals surface area contributed by atoms with Crippen LogP contribution in [0.2, 0.25) is 0 Å². The van der Waals surface area contributed by atoms with Gasteiger partial charge in [0.1, 0.15) is 6.54 Å². The maximum absolute atomic E-state index is 13.2. The largest absolute Gasteiger partial charge is 0.480 e. The van der Waals surface area contributed by atoms with Crippen LogP contribution in [0.25, 0.3) is 0 Å². The van der Waals surface area contributed by atoms with Gasteiger partial charge in [-0.05, 0) is 41.3 Å². The minimum absolute atomic E-state index is 0.0620. The summed E-state index contributed by atoms with van der Waals surface area (Å²) in [4.78, 5) is 13.2. The first-order chi connectivity index (χ1) is 12.4. The summed E-state index contributed by atoms with van der Waals surface area (Å²) in [6.07, 6.45) is 0. The molecule has 146 valence electrons. The number of aliphatic carboxylic acids is 1. The zero-order chi connectivity index (χ0) is 20.4. The Morgan fingerprint density at radius 1 is 1.00 bits per heavy atom. The second-order valence-electron chi connectivity index (χ2n) is 7.59. The highest BCUT2D eigenvalue weighted by Crippen LogP contribution is 2.29. The summed E-state index contributed by atoms with van der Waals surface area (Å²) in [7, 11) is -0.353. The Balaban J connectivity index is 2.52. The Kier molecular flexibility index (Phi) is 5.85. The molecule has 0 aliphatic rings. The number of benzene rings is 2. The van der Waals surface area contributed by atoms with E-state index in [4.69, 9.17) is 0 Å². The molecular weight excluding hydrogens is 364 g/mol. The normalized spacial score (nSPS) is 11.9. The molecule has 0 heterocycles. The van der Waals surface area contributed by atoms with Crippen LogP contribution < -0.4 is 9.21 Å². The highest BCUT2D eigenvalue weighted by Gasteiger charge is 2.28. The van der Waals surface area contributed by atoms with Crippen LogP contribution in [0.1, 0.15) is 26.3 Å². The molecule has 2 rings (SSSR count). The Bertz CT molecular complexity index is 914. The number of nitrogens with zero attached hydrogens (tertiary/aromatic N) is 2. The van der Waals surface area contributed by atoms with Crippen molar-refractivity contribution in [2.24, 2.45) is 0 Å². The van der Waals surface area contributed by atoms with Gasteiger partial charge in [0.15, 0.2) is 0 Å². The summed E-state index contributed by atoms with van der Waals surface area (Å²) in [5.41, 5.74) is 1.98. The maximum Gasteiger partial charge on any atom is 0.324 e. The van der Waals surface area contributed by atoms with Gasteiger partial charge in [0.2, 0.25) is 0 Å². The summed E-state index contributed by atoms with van der Waals surface area (Å²) in [6.45, 7) is 5.47. The first-order valence-corrected chi connectivity index (χ1v) is 9.99. The van der Waals surface area contributed by atoms with E-state index in [1.54, 1.807) is 30.3 Å². The molecule has 0 aromatic heterocycles. The summed E-state index contributed by atoms with van der Waals surface area (Å²) < 4.78 is 27.2. The van der Waals surface area contributed by atoms with Crippen LogP contribution in [0.4, 0.5) is 11.4 Å². The van der Waals surface area contributed by atoms with E-state index < -0.39 is 22.5 Å². The van der Waals surface area contributed by atoms with E-state index in [0.717, 1.165) is 15.6 Å². The van der Waals surface area contributed by atoms with Gasteiger partial charge in [0, 0.05) is 19.8 Å². The van der Waals surface area contributed by atoms with E-state index >= 15 is 0 Å². The van der Waals surface area contributed by atoms with Crippen molar-refractivity contribution in [2.75, 3.05) is 29.8 Å². The Hall–Kier alpha value is -2.54. The van der Waals surface area contributed by atoms with Crippen molar-refractivity contribution >= 4 is 27.4 Å². The molecule has 0 aliphatic heterocycles. The Morgan fingerprint density at radius 3 is 2.04 bits per heavy atom. The van der Waals surface area contributed by atoms with Gasteiger partial charge in [-0.2, -0.15) is 0 Å². The Morgan fingerprint density at radius 2 is 1.56 bits per heavy atom. The fraction of sp³-hybridized carbons (Fsp3) is 0.350. The molecule has 0 bridgehead atoms. The molecule has 2 aromatic carbocycles. The second-order valence-corrected chi connectivity index (χ2v) is 9.46. The van der Waals surface area contributed by atoms with Crippen LogP contribution in [-0.2, 0) is 20.2 Å². The highest BCUT2D eigenvalue weighted by molar-refractivity contribution is 7.92. The number of carboxylic acids is 1. The van der Waals surface area contributed by atoms with Crippen LogP contribution in [0.5, 0.6) is 0 Å². The van der Waals surface area contributed by atoms with Crippen LogP contribution in [-0.4, -0.2) is 40.1 Å². The summed E-state index contributed by atoms with van der Waals surface area (Å²) in [5.74, 6) is -1.22. The SMILES string of the molecule is CN(C)c1cccc(N(CC(=O)O)S(=O)(=O)c2ccc(C(C)(C)C)cc2)c1. The number of carboxylic acid groups (broad SMARTS) is 1. The minimum atomic E-state index is -4.02. The molecule has 7 heteroatoms. The van der Waals surface area contributed by atoms with Gasteiger partial charge in [-0.1, -0.05) is 39.0 Å². The molecule has 0 spiro atoms. The molecule has 0 saturated heterocycles. The highest BCUT2D eigenvalue weighted by atomic mass is 32.2. The fourth-order valence-corrected chi connectivity index (χ4v) is 4.02. The van der Waals surface area contributed by atoms with Gasteiger partial charge >= 0.3 is 5.97 Å². The van der Waals surface area contributed by atoms with Gasteiger partial charge in [-0.15, -0.1) is 0 Å². The third-order valence-electron chi connectivity index (χ3n) is 4.22. The fourth-order valence-electron chi connectivity index (χ4n) is 2.62. The lowest BCUT2D eigenvalue weighted by Crippen LogP contribution is -2.35. The van der Waals surface area contributed by atoms with Crippen molar-refractivity contribution in [3.05, 3.63) is 54.1 Å². The van der Waals surface area contributed by atoms with Crippen LogP contribution in [0.15, 0.2) is 53.4 Å². The smallest absolute Gasteiger partial charge is 0.324 e. The van der Waals surface area contributed by atoms with E-state index in [2.05, 4.69) is 0 Å². The number of sulfonamides is 1. The molecule has 0 fully saturated rings. The lowest BCUT2D eigenvalue weighted by Gasteiger charge is -2.25. The molecule has 0 aliphatic carbocycles. The van der Waals surface area contributed by atoms with Crippen LogP contribution >= 0.6 is 0 Å². The summed E-state index contributed by atoms with van der Waals surface area (Å²) in [5, 5.41) is 9.27. The summed E-state index contributed by atoms with van der Waals surface area (Å²) in [6, 6.07) is 13.4. The zero-order valence-electron chi connectivity index (χ0n) is 16.3. The topological polar surface area (TPSA) is 77.9 Å². The van der Waals surface area contributed by atoms with Gasteiger partial charge < -0.3 is 10.0 Å². The molecule has 6 nitrogen and oxygen atoms in total. The summed E-state index contributed by atoms with van der Waals surface area (Å²) >= 11 is 0. The number of anilines is 2. The number of hydrogen-bond donors (Lipinski definition) is 1. The quantitative estimate of drug-likeness (QED) is 0.819. The van der Waals surface area contributed by atoms with E-state index in [1.165, 1.54) is 12.1 Å². The van der Waals surface area contributed by atoms with Crippen molar-refractivity contribution in [3.63, 3.8) is 0 Å². The van der Waals surface area contributed by atoms with E-state index in [-0.39, 0.29) is 10.3 Å². The maximum atomic E-state index is 13.2. The lowest BCUT2D eigenvalue weighted by atomic mass is 9.87. The molecule has 0 amide bonds. The van der Waals surface area contributed by atoms with Gasteiger partial charge in [0.25, 0.3) is 10.0 Å². The number of rotatable bonds is 6. The number of hydrogen-bond acceptors (Lipinski definition) is 4. The molecule has 1 N–H and O–H groups in total. The average Bonchev–Trinajstić information content (AvgIpc) is 2.59. The number of carbonyl (C=O) groups is 1. The predicted molar refractivity (Wildman–Crippen MR) is 108 cm³/mol. The first-order valence-electron chi connectivity index (χ1n) is 8.55. The Labute approximate surface area is 161 Å². The molecule has 0 atom stereocenters. The third-order valence-corrected chi connectivity index (χ3v) is 6.01. The van der Waals surface area contributed by atoms with Gasteiger partial charge in [-0.3, -0.25) is 9.10 Å². The van der Waals surface area contributed by atoms with Crippen molar-refractivity contribution in [1.29, 1.82) is 0 Å². The average molecular weight is 391 g/mol. The van der Waals surface area contributed by atoms with Crippen molar-refractivity contribution in [3.8, 4) is 0 Å². The monoisotopic (exact) mass is 390 g/mol. The van der Waals surface area contributed by atoms with Crippen molar-refractivity contribution in [1.82, 2.24) is 0 Å². The van der Waals surface area contributed by atoms with E-state index in [9.17, 15) is 18.3 Å². The predicted octanol–water partition coefficient (Wildman–Crippen LogP) is 3.33. The standard InChI is InChI=1S/C20H26N2O4S/c1-20(2,3)15-9-11-18(12-10-15)27(25,26)22(14-19(23)24)17-8-6-7-16(13-17)21(4)5/h6-13H,14H2,1-5H3,(H,23,24). The third kappa shape index (κ3) is 4.80. The minimum Gasteiger partial charge on any atom is -0.480 e. The lowest BCUT2D eigenvalue weighted by molar-refractivity contribution is -0.135. The molecule has 0 saturated carbocycles. The molecule has 27 heavy (non-hydrogen) atoms. The molecular formula is C20H26N2O4S. The zero-order valence-corrected chi connectivity index (χ0v) is 17.1.